The average molecular weight is 1150 g/mol. The highest BCUT2D eigenvalue weighted by Crippen LogP contribution is 2.41. The Labute approximate surface area is 484 Å². The number of ketones is 1. The van der Waals surface area contributed by atoms with E-state index in [0.717, 1.165) is 0 Å². The van der Waals surface area contributed by atoms with Crippen molar-refractivity contribution in [2.75, 3.05) is 33.8 Å². The van der Waals surface area contributed by atoms with Gasteiger partial charge in [-0.2, -0.15) is 0 Å². The second-order valence-electron chi connectivity index (χ2n) is 25.2. The van der Waals surface area contributed by atoms with E-state index < -0.39 is 149 Å². The number of carbonyl (C=O) groups excluding carboxylic acids is 10. The minimum absolute atomic E-state index is 0.0908. The molecule has 2 unspecified atom stereocenters. The van der Waals surface area contributed by atoms with Crippen molar-refractivity contribution in [1.82, 2.24) is 35.6 Å². The molecule has 458 valence electrons. The highest BCUT2D eigenvalue weighted by atomic mass is 16.6. The van der Waals surface area contributed by atoms with Crippen LogP contribution in [0.4, 0.5) is 4.79 Å². The maximum atomic E-state index is 15.1. The highest BCUT2D eigenvalue weighted by Gasteiger charge is 2.58. The summed E-state index contributed by atoms with van der Waals surface area (Å²) >= 11 is 0. The maximum Gasteiger partial charge on any atom is 0.411 e. The van der Waals surface area contributed by atoms with Gasteiger partial charge in [0.15, 0.2) is 11.9 Å². The molecule has 1 spiro atoms. The fraction of sp³-hybridized carbons (Fsp3) is 0.733. The molecule has 0 radical (unpaired) electrons. The van der Waals surface area contributed by atoms with E-state index in [4.69, 9.17) is 18.9 Å². The average Bonchev–Trinajstić information content (AvgIpc) is 4.05. The number of aliphatic hydroxyl groups is 1. The fourth-order valence-corrected chi connectivity index (χ4v) is 11.6. The number of methoxy groups -OCH3 is 1. The number of carbonyl (C=O) groups is 10. The van der Waals surface area contributed by atoms with Gasteiger partial charge in [-0.3, -0.25) is 43.3 Å². The van der Waals surface area contributed by atoms with Gasteiger partial charge < -0.3 is 54.7 Å². The molecule has 22 heteroatoms. The smallest absolute Gasteiger partial charge is 0.411 e. The molecular weight excluding hydrogens is 1060 g/mol. The van der Waals surface area contributed by atoms with E-state index in [2.05, 4.69) is 16.0 Å². The molecule has 4 saturated heterocycles. The van der Waals surface area contributed by atoms with Gasteiger partial charge in [-0.05, 0) is 121 Å². The van der Waals surface area contributed by atoms with E-state index in [1.807, 2.05) is 27.7 Å². The Morgan fingerprint density at radius 3 is 2.10 bits per heavy atom. The van der Waals surface area contributed by atoms with Gasteiger partial charge in [0.25, 0.3) is 0 Å². The molecular formula is C60H93N7O15. The molecule has 1 aromatic carbocycles. The van der Waals surface area contributed by atoms with Crippen molar-refractivity contribution in [3.8, 4) is 5.75 Å². The van der Waals surface area contributed by atoms with Crippen molar-refractivity contribution < 1.29 is 72.0 Å². The third-order valence-electron chi connectivity index (χ3n) is 16.4. The summed E-state index contributed by atoms with van der Waals surface area (Å²) in [5, 5.41) is 20.3. The minimum atomic E-state index is -1.74. The van der Waals surface area contributed by atoms with Crippen molar-refractivity contribution in [3.05, 3.63) is 29.8 Å². The molecule has 7 amide bonds. The maximum absolute atomic E-state index is 15.1. The number of rotatable bonds is 13. The predicted octanol–water partition coefficient (Wildman–Crippen LogP) is 4.49. The Bertz CT molecular complexity index is 2480. The number of nitrogens with zero attached hydrogens (tertiary/aromatic N) is 4. The van der Waals surface area contributed by atoms with Crippen molar-refractivity contribution in [2.24, 2.45) is 29.6 Å². The van der Waals surface area contributed by atoms with Crippen LogP contribution in [0.5, 0.6) is 5.75 Å². The predicted molar refractivity (Wildman–Crippen MR) is 302 cm³/mol. The largest absolute Gasteiger partial charge is 0.497 e. The van der Waals surface area contributed by atoms with Crippen LogP contribution in [0.2, 0.25) is 0 Å². The standard InChI is InChI=1S/C60H93N7O15/c1-16-36(8)47-45(68)32-46(69)81-50(35(6)7)49(70)37(9)51(71)61-41(29-33(2)3)54(74)65-26-17-19-42(65)55(75)64(14)44(31-39-20-22-40(79-15)23-21-39)56(76)80-38(10)48(53(73)62-47)63-52(72)43(30-34(4)5)66-28-25-60(57(66)77)24-18-27-67(60)58(78)82-59(11,12)13/h20-23,33-38,41-45,47-48,50,68H,16-19,24-32H2,1-15H3,(H,61,71)(H,62,73)(H,63,72)/t36-,37-,38+,41-,42-,43?,44-,45-,47+,48-,50-,60?/m0/s1. The summed E-state index contributed by atoms with van der Waals surface area (Å²) in [6.07, 6.45) is -3.79. The number of amides is 7. The quantitative estimate of drug-likeness (QED) is 0.120. The van der Waals surface area contributed by atoms with Gasteiger partial charge in [0.05, 0.1) is 31.6 Å². The van der Waals surface area contributed by atoms with Crippen LogP contribution in [-0.4, -0.2) is 183 Å². The van der Waals surface area contributed by atoms with Crippen LogP contribution in [0.25, 0.3) is 0 Å². The first-order valence-electron chi connectivity index (χ1n) is 29.4. The number of benzene rings is 1. The zero-order valence-electron chi connectivity index (χ0n) is 51.0. The van der Waals surface area contributed by atoms with Crippen LogP contribution in [-0.2, 0) is 63.8 Å². The molecule has 0 bridgehead atoms. The number of likely N-dealkylation sites (N-methyl/N-ethyl adjacent to an activating group) is 1. The van der Waals surface area contributed by atoms with E-state index in [1.165, 1.54) is 47.6 Å². The van der Waals surface area contributed by atoms with Crippen molar-refractivity contribution in [2.45, 2.75) is 220 Å². The van der Waals surface area contributed by atoms with E-state index in [1.54, 1.807) is 72.7 Å². The zero-order chi connectivity index (χ0) is 61.3. The monoisotopic (exact) mass is 1150 g/mol. The number of Topliss-reactive ketones (excluding diaryl/α,β-unsaturated/α-hetero) is 1. The number of likely N-dealkylation sites (tertiary alicyclic amines) is 2. The number of esters is 2. The molecule has 1 aromatic rings. The van der Waals surface area contributed by atoms with Gasteiger partial charge >= 0.3 is 18.0 Å². The number of aliphatic hydroxyl groups excluding tert-OH is 1. The van der Waals surface area contributed by atoms with Gasteiger partial charge in [-0.1, -0.05) is 73.9 Å². The Morgan fingerprint density at radius 1 is 0.854 bits per heavy atom. The fourth-order valence-electron chi connectivity index (χ4n) is 11.6. The molecule has 4 heterocycles. The first kappa shape index (κ1) is 66.5. The lowest BCUT2D eigenvalue weighted by atomic mass is 9.91. The number of cyclic esters (lactones) is 2. The van der Waals surface area contributed by atoms with Gasteiger partial charge in [-0.15, -0.1) is 0 Å². The van der Waals surface area contributed by atoms with Gasteiger partial charge in [0, 0.05) is 33.1 Å². The summed E-state index contributed by atoms with van der Waals surface area (Å²) in [5.41, 5.74) is -1.54. The van der Waals surface area contributed by atoms with Crippen molar-refractivity contribution >= 4 is 59.3 Å². The Hall–Kier alpha value is -6.32. The van der Waals surface area contributed by atoms with Crippen LogP contribution in [0.3, 0.4) is 0 Å². The number of fused-ring (bicyclic) bond motifs is 1. The lowest BCUT2D eigenvalue weighted by Gasteiger charge is -2.37. The van der Waals surface area contributed by atoms with E-state index >= 15 is 14.4 Å². The summed E-state index contributed by atoms with van der Waals surface area (Å²) in [5.74, 6) is -9.29. The first-order chi connectivity index (χ1) is 38.3. The molecule has 82 heavy (non-hydrogen) atoms. The summed E-state index contributed by atoms with van der Waals surface area (Å²) in [7, 11) is 2.91. The first-order valence-corrected chi connectivity index (χ1v) is 29.4. The molecule has 5 rings (SSSR count). The van der Waals surface area contributed by atoms with Crippen LogP contribution in [0, 0.1) is 29.6 Å². The number of hydrogen-bond donors (Lipinski definition) is 4. The minimum Gasteiger partial charge on any atom is -0.497 e. The molecule has 4 aliphatic rings. The molecule has 0 aromatic heterocycles. The molecule has 0 aliphatic carbocycles. The van der Waals surface area contributed by atoms with Gasteiger partial charge in [-0.25, -0.2) is 9.59 Å². The molecule has 22 nitrogen and oxygen atoms in total. The molecule has 4 N–H and O–H groups in total. The normalized spacial score (nSPS) is 28.7. The third kappa shape index (κ3) is 16.1. The SMILES string of the molecule is CC[C@H](C)[C@H]1NC(=O)[C@@H](NC(=O)C(CC(C)C)N2CCC3(CCCN3C(=O)OC(C)(C)C)C2=O)[C@@H](C)OC(=O)[C@H](Cc2ccc(OC)cc2)N(C)C(=O)[C@@H]2CCCN2C(=O)[C@H](CC(C)C)NC(=O)[C@@H](C)C(=O)[C@H](C(C)C)OC(=O)C[C@@H]1O. The second-order valence-corrected chi connectivity index (χ2v) is 25.2. The topological polar surface area (TPSA) is 277 Å². The lowest BCUT2D eigenvalue weighted by molar-refractivity contribution is -0.163. The highest BCUT2D eigenvalue weighted by molar-refractivity contribution is 6.05. The number of hydrogen-bond acceptors (Lipinski definition) is 15. The van der Waals surface area contributed by atoms with Crippen LogP contribution >= 0.6 is 0 Å². The Balaban J connectivity index is 1.62. The van der Waals surface area contributed by atoms with Crippen molar-refractivity contribution in [1.29, 1.82) is 0 Å². The zero-order valence-corrected chi connectivity index (χ0v) is 51.0. The van der Waals surface area contributed by atoms with Crippen molar-refractivity contribution in [3.63, 3.8) is 0 Å². The van der Waals surface area contributed by atoms with E-state index in [-0.39, 0.29) is 63.6 Å². The molecule has 0 saturated carbocycles. The molecule has 4 aliphatic heterocycles. The summed E-state index contributed by atoms with van der Waals surface area (Å²) in [6, 6.07) is -1.03. The Kier molecular flexibility index (Phi) is 22.9. The van der Waals surface area contributed by atoms with E-state index in [0.29, 0.717) is 37.0 Å². The number of ether oxygens (including phenoxy) is 4. The summed E-state index contributed by atoms with van der Waals surface area (Å²) in [4.78, 5) is 151. The van der Waals surface area contributed by atoms with Gasteiger partial charge in [0.2, 0.25) is 35.4 Å². The van der Waals surface area contributed by atoms with E-state index in [9.17, 15) is 38.7 Å². The van der Waals surface area contributed by atoms with Crippen LogP contribution < -0.4 is 20.7 Å². The second kappa shape index (κ2) is 28.3. The number of nitrogens with one attached hydrogen (secondary N) is 3. The summed E-state index contributed by atoms with van der Waals surface area (Å²) in [6.45, 7) is 22.6. The van der Waals surface area contributed by atoms with Gasteiger partial charge in [0.1, 0.15) is 53.2 Å². The van der Waals surface area contributed by atoms with Crippen LogP contribution in [0.1, 0.15) is 153 Å². The van der Waals surface area contributed by atoms with Crippen LogP contribution in [0.15, 0.2) is 24.3 Å². The molecule has 12 atom stereocenters. The summed E-state index contributed by atoms with van der Waals surface area (Å²) < 4.78 is 23.1. The Morgan fingerprint density at radius 2 is 1.51 bits per heavy atom. The third-order valence-corrected chi connectivity index (χ3v) is 16.4. The molecule has 4 fully saturated rings. The lowest BCUT2D eigenvalue weighted by Crippen LogP contribution is -2.62.